The number of anilines is 1. The first-order chi connectivity index (χ1) is 11.4. The molecule has 0 spiro atoms. The number of carboxylic acids is 1. The Labute approximate surface area is 136 Å². The number of hydrogen-bond acceptors (Lipinski definition) is 3. The molecule has 130 valence electrons. The number of benzene rings is 1. The highest BCUT2D eigenvalue weighted by atomic mass is 19.1. The van der Waals surface area contributed by atoms with Gasteiger partial charge in [-0.2, -0.15) is 0 Å². The highest BCUT2D eigenvalue weighted by molar-refractivity contribution is 6.01. The molecular formula is C15H17F2N3O4. The molecule has 9 heteroatoms. The van der Waals surface area contributed by atoms with Crippen molar-refractivity contribution in [2.24, 2.45) is 0 Å². The van der Waals surface area contributed by atoms with E-state index in [-0.39, 0.29) is 32.4 Å². The number of carboxylic acid groups (broad SMARTS) is 1. The molecule has 1 heterocycles. The molecule has 0 radical (unpaired) electrons. The second-order valence-electron chi connectivity index (χ2n) is 5.30. The normalized spacial score (nSPS) is 17.0. The Morgan fingerprint density at radius 1 is 1.29 bits per heavy atom. The molecule has 1 fully saturated rings. The van der Waals surface area contributed by atoms with Crippen LogP contribution in [0.3, 0.4) is 0 Å². The number of carbonyl (C=O) groups is 3. The number of aliphatic carboxylic acids is 1. The smallest absolute Gasteiger partial charge is 0.315 e. The summed E-state index contributed by atoms with van der Waals surface area (Å²) in [6, 6.07) is 1.80. The minimum atomic E-state index is -0.967. The number of halogens is 2. The van der Waals surface area contributed by atoms with Gasteiger partial charge in [-0.25, -0.2) is 13.6 Å². The van der Waals surface area contributed by atoms with E-state index in [1.165, 1.54) is 6.07 Å². The molecule has 0 aliphatic carbocycles. The Balaban J connectivity index is 1.90. The predicted molar refractivity (Wildman–Crippen MR) is 80.5 cm³/mol. The summed E-state index contributed by atoms with van der Waals surface area (Å²) in [4.78, 5) is 35.2. The Bertz CT molecular complexity index is 633. The molecule has 1 atom stereocenters. The first-order valence-electron chi connectivity index (χ1n) is 7.41. The van der Waals surface area contributed by atoms with Gasteiger partial charge in [0, 0.05) is 19.5 Å². The number of nitrogens with one attached hydrogen (secondary N) is 2. The molecule has 1 aliphatic heterocycles. The molecule has 0 saturated carbocycles. The van der Waals surface area contributed by atoms with Gasteiger partial charge >= 0.3 is 12.0 Å². The Hall–Kier alpha value is -2.71. The quantitative estimate of drug-likeness (QED) is 0.678. The average Bonchev–Trinajstić information content (AvgIpc) is 2.85. The molecule has 1 aliphatic rings. The zero-order chi connectivity index (χ0) is 17.7. The molecule has 1 aromatic carbocycles. The standard InChI is InChI=1S/C15H17F2N3O4/c16-9-3-1-4-10(17)13(9)20-8-6-11(14(20)23)19-15(24)18-7-2-5-12(21)22/h1,3-4,11H,2,5-8H2,(H,21,22)(H2,18,19,24). The minimum absolute atomic E-state index is 0.0804. The van der Waals surface area contributed by atoms with Gasteiger partial charge in [0.05, 0.1) is 0 Å². The second-order valence-corrected chi connectivity index (χ2v) is 5.30. The number of hydrogen-bond donors (Lipinski definition) is 3. The van der Waals surface area contributed by atoms with Gasteiger partial charge in [-0.05, 0) is 25.0 Å². The molecule has 7 nitrogen and oxygen atoms in total. The highest BCUT2D eigenvalue weighted by Gasteiger charge is 2.36. The first kappa shape index (κ1) is 17.6. The van der Waals surface area contributed by atoms with E-state index in [1.807, 2.05) is 0 Å². The lowest BCUT2D eigenvalue weighted by molar-refractivity contribution is -0.137. The van der Waals surface area contributed by atoms with Crippen molar-refractivity contribution >= 4 is 23.6 Å². The third-order valence-electron chi connectivity index (χ3n) is 3.57. The van der Waals surface area contributed by atoms with E-state index in [9.17, 15) is 23.2 Å². The van der Waals surface area contributed by atoms with Crippen molar-refractivity contribution < 1.29 is 28.3 Å². The van der Waals surface area contributed by atoms with Gasteiger partial charge in [-0.15, -0.1) is 0 Å². The van der Waals surface area contributed by atoms with Gasteiger partial charge in [-0.3, -0.25) is 9.59 Å². The fourth-order valence-corrected chi connectivity index (χ4v) is 2.43. The maximum atomic E-state index is 13.8. The van der Waals surface area contributed by atoms with Crippen LogP contribution in [0, 0.1) is 11.6 Å². The second kappa shape index (κ2) is 7.71. The van der Waals surface area contributed by atoms with E-state index >= 15 is 0 Å². The van der Waals surface area contributed by atoms with Crippen LogP contribution in [0.2, 0.25) is 0 Å². The maximum Gasteiger partial charge on any atom is 0.315 e. The Morgan fingerprint density at radius 3 is 2.58 bits per heavy atom. The van der Waals surface area contributed by atoms with Gasteiger partial charge in [-0.1, -0.05) is 6.07 Å². The summed E-state index contributed by atoms with van der Waals surface area (Å²) in [6.07, 6.45) is 0.395. The molecule has 3 N–H and O–H groups in total. The number of rotatable bonds is 6. The van der Waals surface area contributed by atoms with Crippen molar-refractivity contribution in [1.29, 1.82) is 0 Å². The summed E-state index contributed by atoms with van der Waals surface area (Å²) >= 11 is 0. The lowest BCUT2D eigenvalue weighted by Gasteiger charge is -2.18. The zero-order valence-corrected chi connectivity index (χ0v) is 12.7. The van der Waals surface area contributed by atoms with Crippen LogP contribution in [0.15, 0.2) is 18.2 Å². The summed E-state index contributed by atoms with van der Waals surface area (Å²) in [5, 5.41) is 13.3. The molecule has 1 unspecified atom stereocenters. The van der Waals surface area contributed by atoms with Crippen LogP contribution in [-0.4, -0.2) is 42.1 Å². The van der Waals surface area contributed by atoms with Crippen molar-refractivity contribution in [2.45, 2.75) is 25.3 Å². The topological polar surface area (TPSA) is 98.7 Å². The van der Waals surface area contributed by atoms with E-state index in [2.05, 4.69) is 10.6 Å². The van der Waals surface area contributed by atoms with Crippen LogP contribution in [0.25, 0.3) is 0 Å². The molecule has 3 amide bonds. The third kappa shape index (κ3) is 4.18. The number of para-hydroxylation sites is 1. The lowest BCUT2D eigenvalue weighted by atomic mass is 10.2. The average molecular weight is 341 g/mol. The van der Waals surface area contributed by atoms with Crippen molar-refractivity contribution in [2.75, 3.05) is 18.0 Å². The summed E-state index contributed by atoms with van der Waals surface area (Å²) < 4.78 is 27.5. The van der Waals surface area contributed by atoms with E-state index in [0.29, 0.717) is 0 Å². The number of urea groups is 1. The summed E-state index contributed by atoms with van der Waals surface area (Å²) in [7, 11) is 0. The van der Waals surface area contributed by atoms with Crippen molar-refractivity contribution in [3.63, 3.8) is 0 Å². The Kier molecular flexibility index (Phi) is 5.67. The SMILES string of the molecule is O=C(O)CCCNC(=O)NC1CCN(c2c(F)cccc2F)C1=O. The fourth-order valence-electron chi connectivity index (χ4n) is 2.43. The van der Waals surface area contributed by atoms with Crippen LogP contribution in [-0.2, 0) is 9.59 Å². The molecule has 2 rings (SSSR count). The van der Waals surface area contributed by atoms with E-state index in [4.69, 9.17) is 5.11 Å². The maximum absolute atomic E-state index is 13.8. The molecular weight excluding hydrogens is 324 g/mol. The number of nitrogens with zero attached hydrogens (tertiary/aromatic N) is 1. The van der Waals surface area contributed by atoms with Gasteiger partial charge in [0.2, 0.25) is 5.91 Å². The number of amides is 3. The zero-order valence-electron chi connectivity index (χ0n) is 12.7. The van der Waals surface area contributed by atoms with Gasteiger partial charge < -0.3 is 20.6 Å². The minimum Gasteiger partial charge on any atom is -0.481 e. The molecule has 0 bridgehead atoms. The van der Waals surface area contributed by atoms with Crippen LogP contribution in [0.1, 0.15) is 19.3 Å². The molecule has 24 heavy (non-hydrogen) atoms. The summed E-state index contributed by atoms with van der Waals surface area (Å²) in [5.41, 5.74) is -0.423. The van der Waals surface area contributed by atoms with Crippen molar-refractivity contribution in [3.8, 4) is 0 Å². The molecule has 1 saturated heterocycles. The van der Waals surface area contributed by atoms with Crippen molar-refractivity contribution in [1.82, 2.24) is 10.6 Å². The monoisotopic (exact) mass is 341 g/mol. The predicted octanol–water partition coefficient (Wildman–Crippen LogP) is 1.23. The van der Waals surface area contributed by atoms with Crippen LogP contribution in [0.5, 0.6) is 0 Å². The largest absolute Gasteiger partial charge is 0.481 e. The van der Waals surface area contributed by atoms with Crippen LogP contribution in [0.4, 0.5) is 19.3 Å². The first-order valence-corrected chi connectivity index (χ1v) is 7.41. The lowest BCUT2D eigenvalue weighted by Crippen LogP contribution is -2.46. The highest BCUT2D eigenvalue weighted by Crippen LogP contribution is 2.27. The van der Waals surface area contributed by atoms with Gasteiger partial charge in [0.25, 0.3) is 0 Å². The summed E-state index contributed by atoms with van der Waals surface area (Å²) in [6.45, 7) is 0.228. The summed E-state index contributed by atoms with van der Waals surface area (Å²) in [5.74, 6) is -3.25. The molecule has 1 aromatic rings. The van der Waals surface area contributed by atoms with Crippen LogP contribution >= 0.6 is 0 Å². The number of carbonyl (C=O) groups excluding carboxylic acids is 2. The van der Waals surface area contributed by atoms with Crippen LogP contribution < -0.4 is 15.5 Å². The van der Waals surface area contributed by atoms with E-state index in [0.717, 1.165) is 17.0 Å². The van der Waals surface area contributed by atoms with Crippen molar-refractivity contribution in [3.05, 3.63) is 29.8 Å². The van der Waals surface area contributed by atoms with Gasteiger partial charge in [0.1, 0.15) is 23.4 Å². The van der Waals surface area contributed by atoms with E-state index in [1.54, 1.807) is 0 Å². The fraction of sp³-hybridized carbons (Fsp3) is 0.400. The van der Waals surface area contributed by atoms with Gasteiger partial charge in [0.15, 0.2) is 0 Å². The Morgan fingerprint density at radius 2 is 1.96 bits per heavy atom. The van der Waals surface area contributed by atoms with E-state index < -0.39 is 41.3 Å². The third-order valence-corrected chi connectivity index (χ3v) is 3.57. The molecule has 0 aromatic heterocycles.